The minimum absolute atomic E-state index is 0.0882. The Bertz CT molecular complexity index is 806. The summed E-state index contributed by atoms with van der Waals surface area (Å²) in [5.41, 5.74) is 1.79. The Labute approximate surface area is 147 Å². The van der Waals surface area contributed by atoms with Crippen LogP contribution in [-0.4, -0.2) is 24.0 Å². The third-order valence-electron chi connectivity index (χ3n) is 4.81. The lowest BCUT2D eigenvalue weighted by molar-refractivity contribution is 0.0975. The number of anilines is 1. The van der Waals surface area contributed by atoms with E-state index < -0.39 is 0 Å². The van der Waals surface area contributed by atoms with Crippen LogP contribution in [0.15, 0.2) is 41.2 Å². The third kappa shape index (κ3) is 3.76. The minimum Gasteiger partial charge on any atom is -0.497 e. The fourth-order valence-corrected chi connectivity index (χ4v) is 3.12. The van der Waals surface area contributed by atoms with Gasteiger partial charge in [0.15, 0.2) is 0 Å². The summed E-state index contributed by atoms with van der Waals surface area (Å²) in [7, 11) is 1.62. The number of carbonyl (C=O) groups is 1. The number of hydrogen-bond acceptors (Lipinski definition) is 3. The van der Waals surface area contributed by atoms with Crippen molar-refractivity contribution in [3.63, 3.8) is 0 Å². The summed E-state index contributed by atoms with van der Waals surface area (Å²) in [6.45, 7) is 4.03. The number of benzene rings is 1. The number of carbonyl (C=O) groups excluding carboxylic acids is 1. The van der Waals surface area contributed by atoms with E-state index in [0.717, 1.165) is 30.0 Å². The molecule has 1 aliphatic carbocycles. The number of hydrogen-bond donors (Lipinski definition) is 1. The predicted molar refractivity (Wildman–Crippen MR) is 98.4 cm³/mol. The van der Waals surface area contributed by atoms with Gasteiger partial charge in [0.25, 0.3) is 5.91 Å². The smallest absolute Gasteiger partial charge is 0.258 e. The van der Waals surface area contributed by atoms with Crippen LogP contribution in [0.4, 0.5) is 5.69 Å². The molecule has 1 saturated carbocycles. The molecule has 1 N–H and O–H groups in total. The van der Waals surface area contributed by atoms with E-state index in [2.05, 4.69) is 11.9 Å². The van der Waals surface area contributed by atoms with Gasteiger partial charge in [-0.1, -0.05) is 6.92 Å². The van der Waals surface area contributed by atoms with Crippen LogP contribution in [-0.2, 0) is 6.42 Å². The summed E-state index contributed by atoms with van der Waals surface area (Å²) in [6, 6.07) is 10.7. The van der Waals surface area contributed by atoms with Gasteiger partial charge in [0.05, 0.1) is 7.11 Å². The van der Waals surface area contributed by atoms with E-state index >= 15 is 0 Å². The molecule has 1 aromatic carbocycles. The zero-order valence-electron chi connectivity index (χ0n) is 14.9. The highest BCUT2D eigenvalue weighted by molar-refractivity contribution is 6.06. The summed E-state index contributed by atoms with van der Waals surface area (Å²) in [4.78, 5) is 29.7. The van der Waals surface area contributed by atoms with Crippen molar-refractivity contribution in [2.75, 3.05) is 12.0 Å². The summed E-state index contributed by atoms with van der Waals surface area (Å²) >= 11 is 0. The number of aromatic amines is 1. The second-order valence-electron chi connectivity index (χ2n) is 6.56. The molecule has 0 spiro atoms. The molecular formula is C20H24N2O3. The zero-order valence-corrected chi connectivity index (χ0v) is 14.9. The van der Waals surface area contributed by atoms with Crippen molar-refractivity contribution < 1.29 is 9.53 Å². The Morgan fingerprint density at radius 1 is 1.28 bits per heavy atom. The topological polar surface area (TPSA) is 62.4 Å². The number of ether oxygens (including phenoxy) is 1. The molecule has 5 nitrogen and oxygen atoms in total. The standard InChI is InChI=1S/C20H24N2O3/c1-4-16-11-15(12-19(23)21-16)20(24)22(13(2)14-5-6-14)17-7-9-18(25-3)10-8-17/h7-14H,4-6H2,1-3H3,(H,21,23)/t13-/m0/s1. The van der Waals surface area contributed by atoms with Crippen LogP contribution in [0.3, 0.4) is 0 Å². The van der Waals surface area contributed by atoms with E-state index in [9.17, 15) is 9.59 Å². The lowest BCUT2D eigenvalue weighted by Crippen LogP contribution is -2.40. The molecule has 1 fully saturated rings. The van der Waals surface area contributed by atoms with Crippen molar-refractivity contribution >= 4 is 11.6 Å². The van der Waals surface area contributed by atoms with Crippen LogP contribution >= 0.6 is 0 Å². The van der Waals surface area contributed by atoms with Crippen molar-refractivity contribution in [2.24, 2.45) is 5.92 Å². The fourth-order valence-electron chi connectivity index (χ4n) is 3.12. The van der Waals surface area contributed by atoms with Gasteiger partial charge in [-0.15, -0.1) is 0 Å². The van der Waals surface area contributed by atoms with Crippen molar-refractivity contribution in [2.45, 2.75) is 39.2 Å². The molecule has 1 aliphatic rings. The van der Waals surface area contributed by atoms with E-state index in [1.54, 1.807) is 13.2 Å². The van der Waals surface area contributed by atoms with E-state index in [4.69, 9.17) is 4.74 Å². The highest BCUT2D eigenvalue weighted by Gasteiger charge is 2.35. The molecule has 3 rings (SSSR count). The molecular weight excluding hydrogens is 316 g/mol. The maximum atomic E-state index is 13.2. The van der Waals surface area contributed by atoms with Crippen LogP contribution < -0.4 is 15.2 Å². The van der Waals surface area contributed by atoms with Gasteiger partial charge >= 0.3 is 0 Å². The summed E-state index contributed by atoms with van der Waals surface area (Å²) < 4.78 is 5.21. The number of aromatic nitrogens is 1. The highest BCUT2D eigenvalue weighted by Crippen LogP contribution is 2.37. The average molecular weight is 340 g/mol. The normalized spacial score (nSPS) is 14.8. The van der Waals surface area contributed by atoms with E-state index in [1.165, 1.54) is 6.07 Å². The molecule has 132 valence electrons. The Kier molecular flexibility index (Phi) is 4.93. The van der Waals surface area contributed by atoms with E-state index in [-0.39, 0.29) is 17.5 Å². The van der Waals surface area contributed by atoms with Crippen LogP contribution in [0, 0.1) is 5.92 Å². The first-order valence-corrected chi connectivity index (χ1v) is 8.74. The monoisotopic (exact) mass is 340 g/mol. The Morgan fingerprint density at radius 3 is 2.52 bits per heavy atom. The van der Waals surface area contributed by atoms with E-state index in [1.807, 2.05) is 36.1 Å². The largest absolute Gasteiger partial charge is 0.497 e. The van der Waals surface area contributed by atoms with Crippen molar-refractivity contribution in [3.8, 4) is 5.75 Å². The molecule has 2 aromatic rings. The molecule has 1 heterocycles. The Morgan fingerprint density at radius 2 is 1.96 bits per heavy atom. The van der Waals surface area contributed by atoms with Crippen LogP contribution in [0.1, 0.15) is 42.7 Å². The minimum atomic E-state index is -0.239. The molecule has 5 heteroatoms. The van der Waals surface area contributed by atoms with Crippen molar-refractivity contribution in [3.05, 3.63) is 58.0 Å². The molecule has 1 atom stereocenters. The Hall–Kier alpha value is -2.56. The number of nitrogens with one attached hydrogen (secondary N) is 1. The van der Waals surface area contributed by atoms with Gasteiger partial charge in [-0.25, -0.2) is 0 Å². The highest BCUT2D eigenvalue weighted by atomic mass is 16.5. The van der Waals surface area contributed by atoms with Crippen molar-refractivity contribution in [1.29, 1.82) is 0 Å². The number of H-pyrrole nitrogens is 1. The predicted octanol–water partition coefficient (Wildman–Crippen LogP) is 3.39. The lowest BCUT2D eigenvalue weighted by atomic mass is 10.1. The Balaban J connectivity index is 1.99. The van der Waals surface area contributed by atoms with Gasteiger partial charge in [-0.05, 0) is 62.4 Å². The summed E-state index contributed by atoms with van der Waals surface area (Å²) in [6.07, 6.45) is 2.95. The molecule has 0 aliphatic heterocycles. The van der Waals surface area contributed by atoms with Gasteiger partial charge in [-0.2, -0.15) is 0 Å². The van der Waals surface area contributed by atoms with Crippen molar-refractivity contribution in [1.82, 2.24) is 4.98 Å². The fraction of sp³-hybridized carbons (Fsp3) is 0.400. The molecule has 0 unspecified atom stereocenters. The molecule has 1 aromatic heterocycles. The second kappa shape index (κ2) is 7.13. The molecule has 25 heavy (non-hydrogen) atoms. The van der Waals surface area contributed by atoms with Crippen LogP contribution in [0.5, 0.6) is 5.75 Å². The molecule has 0 saturated heterocycles. The average Bonchev–Trinajstić information content (AvgIpc) is 3.47. The number of amides is 1. The number of methoxy groups -OCH3 is 1. The van der Waals surface area contributed by atoms with Gasteiger partial charge in [0, 0.05) is 29.1 Å². The number of nitrogens with zero attached hydrogens (tertiary/aromatic N) is 1. The number of pyridine rings is 1. The number of rotatable bonds is 6. The molecule has 0 radical (unpaired) electrons. The molecule has 0 bridgehead atoms. The zero-order chi connectivity index (χ0) is 18.0. The molecule has 1 amide bonds. The van der Waals surface area contributed by atoms with Crippen LogP contribution in [0.25, 0.3) is 0 Å². The lowest BCUT2D eigenvalue weighted by Gasteiger charge is -2.30. The van der Waals surface area contributed by atoms with Gasteiger partial charge < -0.3 is 14.6 Å². The third-order valence-corrected chi connectivity index (χ3v) is 4.81. The maximum absolute atomic E-state index is 13.2. The van der Waals surface area contributed by atoms with E-state index in [0.29, 0.717) is 17.9 Å². The quantitative estimate of drug-likeness (QED) is 0.877. The van der Waals surface area contributed by atoms with Gasteiger partial charge in [0.2, 0.25) is 5.56 Å². The summed E-state index contributed by atoms with van der Waals surface area (Å²) in [5, 5.41) is 0. The maximum Gasteiger partial charge on any atom is 0.258 e. The first-order chi connectivity index (χ1) is 12.0. The summed E-state index contributed by atoms with van der Waals surface area (Å²) in [5.74, 6) is 1.13. The first-order valence-electron chi connectivity index (χ1n) is 8.74. The van der Waals surface area contributed by atoms with Crippen LogP contribution in [0.2, 0.25) is 0 Å². The van der Waals surface area contributed by atoms with Gasteiger partial charge in [0.1, 0.15) is 5.75 Å². The first kappa shape index (κ1) is 17.3. The SMILES string of the molecule is CCc1cc(C(=O)N(c2ccc(OC)cc2)[C@@H](C)C2CC2)cc(=O)[nH]1. The van der Waals surface area contributed by atoms with Gasteiger partial charge in [-0.3, -0.25) is 9.59 Å². The second-order valence-corrected chi connectivity index (χ2v) is 6.56. The number of aryl methyl sites for hydroxylation is 1.